The lowest BCUT2D eigenvalue weighted by molar-refractivity contribution is -0.118. The Balaban J connectivity index is 1.60. The van der Waals surface area contributed by atoms with E-state index in [0.29, 0.717) is 17.1 Å². The number of aryl methyl sites for hydroxylation is 1. The third-order valence-corrected chi connectivity index (χ3v) is 5.27. The van der Waals surface area contributed by atoms with Crippen molar-refractivity contribution in [3.63, 3.8) is 0 Å². The minimum Gasteiger partial charge on any atom is -0.454 e. The molecule has 32 heavy (non-hydrogen) atoms. The number of aromatic nitrogens is 1. The van der Waals surface area contributed by atoms with Crippen molar-refractivity contribution in [3.8, 4) is 17.6 Å². The number of para-hydroxylation sites is 1. The first-order valence-corrected chi connectivity index (χ1v) is 10.2. The molecule has 1 aromatic heterocycles. The van der Waals surface area contributed by atoms with Gasteiger partial charge < -0.3 is 25.1 Å². The van der Waals surface area contributed by atoms with E-state index in [1.807, 2.05) is 37.3 Å². The Bertz CT molecular complexity index is 1280. The summed E-state index contributed by atoms with van der Waals surface area (Å²) in [5.41, 5.74) is 8.80. The molecule has 0 bridgehead atoms. The molecule has 3 N–H and O–H groups in total. The number of nitrogens with one attached hydrogen (secondary N) is 1. The van der Waals surface area contributed by atoms with Crippen LogP contribution < -0.4 is 20.5 Å². The first-order valence-electron chi connectivity index (χ1n) is 10.2. The number of benzene rings is 2. The molecule has 0 radical (unpaired) electrons. The summed E-state index contributed by atoms with van der Waals surface area (Å²) >= 11 is 0. The fourth-order valence-corrected chi connectivity index (χ4v) is 3.79. The minimum atomic E-state index is -0.493. The van der Waals surface area contributed by atoms with E-state index in [2.05, 4.69) is 5.32 Å². The molecule has 0 fully saturated rings. The number of carbonyl (C=O) groups excluding carboxylic acids is 2. The van der Waals surface area contributed by atoms with Gasteiger partial charge >= 0.3 is 0 Å². The molecular weight excluding hydrogens is 408 g/mol. The summed E-state index contributed by atoms with van der Waals surface area (Å²) < 4.78 is 12.4. The SMILES string of the molecule is CCc1cccc2c(/C=C(\C#N)C(=O)NCc3ccc4c(c3)OCO4)cn(CC(N)=O)c12. The molecular formula is C24H22N4O4. The van der Waals surface area contributed by atoms with Crippen molar-refractivity contribution in [1.29, 1.82) is 5.26 Å². The average molecular weight is 430 g/mol. The van der Waals surface area contributed by atoms with E-state index >= 15 is 0 Å². The first kappa shape index (κ1) is 21.0. The quantitative estimate of drug-likeness (QED) is 0.441. The van der Waals surface area contributed by atoms with E-state index in [4.69, 9.17) is 15.2 Å². The van der Waals surface area contributed by atoms with Crippen molar-refractivity contribution in [2.24, 2.45) is 5.73 Å². The molecule has 162 valence electrons. The Morgan fingerprint density at radius 3 is 2.81 bits per heavy atom. The number of nitrogens with two attached hydrogens (primary N) is 1. The lowest BCUT2D eigenvalue weighted by Crippen LogP contribution is -2.23. The number of hydrogen-bond donors (Lipinski definition) is 2. The number of carbonyl (C=O) groups is 2. The third kappa shape index (κ3) is 4.14. The largest absolute Gasteiger partial charge is 0.454 e. The number of ether oxygens (including phenoxy) is 2. The number of fused-ring (bicyclic) bond motifs is 2. The van der Waals surface area contributed by atoms with Gasteiger partial charge in [-0.05, 0) is 35.8 Å². The molecule has 1 aliphatic heterocycles. The van der Waals surface area contributed by atoms with Gasteiger partial charge in [-0.15, -0.1) is 0 Å². The van der Waals surface area contributed by atoms with Crippen molar-refractivity contribution >= 4 is 28.8 Å². The van der Waals surface area contributed by atoms with Crippen LogP contribution in [0.5, 0.6) is 11.5 Å². The van der Waals surface area contributed by atoms with Crippen LogP contribution in [0.1, 0.15) is 23.6 Å². The molecule has 1 aliphatic rings. The van der Waals surface area contributed by atoms with Crippen LogP contribution in [0.15, 0.2) is 48.2 Å². The number of hydrogen-bond acceptors (Lipinski definition) is 5. The first-order chi connectivity index (χ1) is 15.5. The number of nitrogens with zero attached hydrogens (tertiary/aromatic N) is 2. The van der Waals surface area contributed by atoms with E-state index in [-0.39, 0.29) is 25.5 Å². The van der Waals surface area contributed by atoms with Crippen LogP contribution in [0.25, 0.3) is 17.0 Å². The third-order valence-electron chi connectivity index (χ3n) is 5.27. The number of primary amides is 1. The van der Waals surface area contributed by atoms with E-state index < -0.39 is 11.8 Å². The van der Waals surface area contributed by atoms with Gasteiger partial charge in [0.15, 0.2) is 11.5 Å². The molecule has 2 amide bonds. The topological polar surface area (TPSA) is 119 Å². The zero-order valence-corrected chi connectivity index (χ0v) is 17.6. The number of rotatable bonds is 7. The Labute approximate surface area is 184 Å². The van der Waals surface area contributed by atoms with Gasteiger partial charge in [0.2, 0.25) is 12.7 Å². The maximum Gasteiger partial charge on any atom is 0.262 e. The normalized spacial score (nSPS) is 12.6. The number of amides is 2. The van der Waals surface area contributed by atoms with E-state index in [1.54, 1.807) is 22.9 Å². The smallest absolute Gasteiger partial charge is 0.262 e. The Kier molecular flexibility index (Phi) is 5.81. The van der Waals surface area contributed by atoms with Gasteiger partial charge in [-0.3, -0.25) is 9.59 Å². The van der Waals surface area contributed by atoms with Crippen LogP contribution in [-0.2, 0) is 29.1 Å². The lowest BCUT2D eigenvalue weighted by atomic mass is 10.1. The monoisotopic (exact) mass is 430 g/mol. The molecule has 2 aromatic carbocycles. The van der Waals surface area contributed by atoms with E-state index in [0.717, 1.165) is 28.5 Å². The van der Waals surface area contributed by atoms with Gasteiger partial charge in [0.1, 0.15) is 18.2 Å². The van der Waals surface area contributed by atoms with E-state index in [9.17, 15) is 14.9 Å². The van der Waals surface area contributed by atoms with Crippen molar-refractivity contribution in [2.45, 2.75) is 26.4 Å². The highest BCUT2D eigenvalue weighted by atomic mass is 16.7. The zero-order chi connectivity index (χ0) is 22.7. The molecule has 0 saturated carbocycles. The van der Waals surface area contributed by atoms with Crippen LogP contribution in [0.3, 0.4) is 0 Å². The van der Waals surface area contributed by atoms with Crippen LogP contribution in [0.4, 0.5) is 0 Å². The molecule has 3 aromatic rings. The summed E-state index contributed by atoms with van der Waals surface area (Å²) in [6.07, 6.45) is 4.05. The summed E-state index contributed by atoms with van der Waals surface area (Å²) in [6, 6.07) is 13.2. The molecule has 8 nitrogen and oxygen atoms in total. The van der Waals surface area contributed by atoms with Gasteiger partial charge in [0.05, 0.1) is 5.52 Å². The molecule has 0 unspecified atom stereocenters. The maximum absolute atomic E-state index is 12.7. The summed E-state index contributed by atoms with van der Waals surface area (Å²) in [7, 11) is 0. The van der Waals surface area contributed by atoms with Gasteiger partial charge in [-0.1, -0.05) is 31.2 Å². The van der Waals surface area contributed by atoms with Crippen molar-refractivity contribution in [3.05, 3.63) is 64.9 Å². The lowest BCUT2D eigenvalue weighted by Gasteiger charge is -2.06. The van der Waals surface area contributed by atoms with Crippen LogP contribution >= 0.6 is 0 Å². The molecule has 4 rings (SSSR count). The van der Waals surface area contributed by atoms with Crippen molar-refractivity contribution < 1.29 is 19.1 Å². The van der Waals surface area contributed by atoms with Gasteiger partial charge in [0, 0.05) is 23.7 Å². The molecule has 2 heterocycles. The summed E-state index contributed by atoms with van der Waals surface area (Å²) in [6.45, 7) is 2.45. The minimum absolute atomic E-state index is 0.0134. The molecule has 0 saturated heterocycles. The molecule has 8 heteroatoms. The Morgan fingerprint density at radius 2 is 2.06 bits per heavy atom. The Morgan fingerprint density at radius 1 is 1.25 bits per heavy atom. The average Bonchev–Trinajstić information content (AvgIpc) is 3.39. The van der Waals surface area contributed by atoms with Crippen molar-refractivity contribution in [1.82, 2.24) is 9.88 Å². The second-order valence-corrected chi connectivity index (χ2v) is 7.39. The highest BCUT2D eigenvalue weighted by molar-refractivity contribution is 6.04. The van der Waals surface area contributed by atoms with E-state index in [1.165, 1.54) is 6.08 Å². The fraction of sp³-hybridized carbons (Fsp3) is 0.208. The van der Waals surface area contributed by atoms with Crippen LogP contribution in [-0.4, -0.2) is 23.2 Å². The summed E-state index contributed by atoms with van der Waals surface area (Å²) in [5.74, 6) is 0.330. The van der Waals surface area contributed by atoms with Gasteiger partial charge in [0.25, 0.3) is 5.91 Å². The second-order valence-electron chi connectivity index (χ2n) is 7.39. The predicted molar refractivity (Wildman–Crippen MR) is 119 cm³/mol. The zero-order valence-electron chi connectivity index (χ0n) is 17.6. The molecule has 0 aliphatic carbocycles. The second kappa shape index (κ2) is 8.86. The van der Waals surface area contributed by atoms with Crippen LogP contribution in [0.2, 0.25) is 0 Å². The molecule has 0 atom stereocenters. The highest BCUT2D eigenvalue weighted by Crippen LogP contribution is 2.32. The highest BCUT2D eigenvalue weighted by Gasteiger charge is 2.16. The Hall–Kier alpha value is -4.25. The van der Waals surface area contributed by atoms with Gasteiger partial charge in [-0.2, -0.15) is 5.26 Å². The van der Waals surface area contributed by atoms with Crippen molar-refractivity contribution in [2.75, 3.05) is 6.79 Å². The van der Waals surface area contributed by atoms with Crippen LogP contribution in [0, 0.1) is 11.3 Å². The summed E-state index contributed by atoms with van der Waals surface area (Å²) in [4.78, 5) is 24.2. The maximum atomic E-state index is 12.7. The fourth-order valence-electron chi connectivity index (χ4n) is 3.79. The standard InChI is InChI=1S/C24H22N4O4/c1-2-16-4-3-5-19-18(12-28(23(16)19)13-22(26)29)9-17(10-25)24(30)27-11-15-6-7-20-21(8-15)32-14-31-20/h3-9,12H,2,11,13-14H2,1H3,(H2,26,29)(H,27,30)/b17-9+. The summed E-state index contributed by atoms with van der Waals surface area (Å²) in [5, 5.41) is 13.2. The number of nitriles is 1. The molecule has 0 spiro atoms. The predicted octanol–water partition coefficient (Wildman–Crippen LogP) is 2.64. The van der Waals surface area contributed by atoms with Gasteiger partial charge in [-0.25, -0.2) is 0 Å².